The number of aromatic nitrogens is 1. The number of nitrogens with zero attached hydrogens (tertiary/aromatic N) is 2. The summed E-state index contributed by atoms with van der Waals surface area (Å²) >= 11 is 0. The molecule has 1 atom stereocenters. The largest absolute Gasteiger partial charge is 0.487 e. The molecule has 0 saturated heterocycles. The van der Waals surface area contributed by atoms with E-state index in [-0.39, 0.29) is 11.8 Å². The van der Waals surface area contributed by atoms with Gasteiger partial charge in [0, 0.05) is 16.9 Å². The van der Waals surface area contributed by atoms with Crippen molar-refractivity contribution in [2.75, 3.05) is 7.11 Å². The molecule has 6 heteroatoms. The van der Waals surface area contributed by atoms with Crippen LogP contribution in [-0.2, 0) is 21.0 Å². The molecule has 1 aliphatic rings. The summed E-state index contributed by atoms with van der Waals surface area (Å²) in [5, 5.41) is 5.45. The molecule has 0 aliphatic heterocycles. The van der Waals surface area contributed by atoms with Crippen molar-refractivity contribution in [3.8, 4) is 5.75 Å². The van der Waals surface area contributed by atoms with Crippen LogP contribution in [-0.4, -0.2) is 23.8 Å². The highest BCUT2D eigenvalue weighted by molar-refractivity contribution is 6.43. The second-order valence-corrected chi connectivity index (χ2v) is 9.57. The molecule has 1 aliphatic carbocycles. The van der Waals surface area contributed by atoms with E-state index in [1.54, 1.807) is 0 Å². The van der Waals surface area contributed by atoms with Gasteiger partial charge >= 0.3 is 5.97 Å². The molecule has 38 heavy (non-hydrogen) atoms. The van der Waals surface area contributed by atoms with Gasteiger partial charge in [-0.25, -0.2) is 9.78 Å². The third-order valence-corrected chi connectivity index (χ3v) is 7.01. The van der Waals surface area contributed by atoms with Crippen LogP contribution in [0.1, 0.15) is 55.0 Å². The number of ether oxygens (including phenoxy) is 2. The number of carbonyl (C=O) groups is 1. The number of esters is 1. The van der Waals surface area contributed by atoms with E-state index in [0.717, 1.165) is 53.6 Å². The van der Waals surface area contributed by atoms with Gasteiger partial charge in [0.15, 0.2) is 11.8 Å². The molecular formula is C32H32N2O4. The lowest BCUT2D eigenvalue weighted by Gasteiger charge is -2.29. The fraction of sp³-hybridized carbons (Fsp3) is 0.281. The zero-order valence-corrected chi connectivity index (χ0v) is 21.6. The Morgan fingerprint density at radius 3 is 2.39 bits per heavy atom. The van der Waals surface area contributed by atoms with Crippen LogP contribution in [0.15, 0.2) is 96.2 Å². The van der Waals surface area contributed by atoms with E-state index in [4.69, 9.17) is 14.3 Å². The average molecular weight is 509 g/mol. The lowest BCUT2D eigenvalue weighted by molar-refractivity contribution is -0.133. The highest BCUT2D eigenvalue weighted by Crippen LogP contribution is 2.37. The minimum Gasteiger partial charge on any atom is -0.487 e. The lowest BCUT2D eigenvalue weighted by Crippen LogP contribution is -2.21. The lowest BCUT2D eigenvalue weighted by atomic mass is 9.83. The average Bonchev–Trinajstić information content (AvgIpc) is 2.99. The maximum Gasteiger partial charge on any atom is 0.360 e. The molecule has 194 valence electrons. The summed E-state index contributed by atoms with van der Waals surface area (Å²) in [7, 11) is 1.35. The van der Waals surface area contributed by atoms with Gasteiger partial charge in [0.2, 0.25) is 0 Å². The minimum atomic E-state index is -0.523. The third kappa shape index (κ3) is 6.20. The van der Waals surface area contributed by atoms with Gasteiger partial charge in [0.05, 0.1) is 18.3 Å². The SMILES string of the molecule is COC(=O)/C(=N/OC(c1ccc(OCc2ccc3ccccc3n2)cc1)C1CCCCC1)c1ccccc1. The summed E-state index contributed by atoms with van der Waals surface area (Å²) in [4.78, 5) is 23.3. The van der Waals surface area contributed by atoms with Crippen LogP contribution in [0.25, 0.3) is 10.9 Å². The van der Waals surface area contributed by atoms with Gasteiger partial charge in [-0.05, 0) is 42.7 Å². The smallest absolute Gasteiger partial charge is 0.360 e. The summed E-state index contributed by atoms with van der Waals surface area (Å²) in [6, 6.07) is 29.3. The monoisotopic (exact) mass is 508 g/mol. The molecular weight excluding hydrogens is 476 g/mol. The van der Waals surface area contributed by atoms with E-state index in [1.165, 1.54) is 13.5 Å². The van der Waals surface area contributed by atoms with Gasteiger partial charge < -0.3 is 14.3 Å². The number of fused-ring (bicyclic) bond motifs is 1. The number of para-hydroxylation sites is 1. The van der Waals surface area contributed by atoms with Crippen LogP contribution in [0.2, 0.25) is 0 Å². The van der Waals surface area contributed by atoms with Gasteiger partial charge in [-0.1, -0.05) is 91.1 Å². The molecule has 3 aromatic carbocycles. The number of oxime groups is 1. The Kier molecular flexibility index (Phi) is 8.29. The van der Waals surface area contributed by atoms with Gasteiger partial charge in [-0.15, -0.1) is 0 Å². The summed E-state index contributed by atoms with van der Waals surface area (Å²) in [5.41, 5.74) is 3.67. The molecule has 1 saturated carbocycles. The van der Waals surface area contributed by atoms with E-state index < -0.39 is 5.97 Å². The van der Waals surface area contributed by atoms with Crippen molar-refractivity contribution in [1.29, 1.82) is 0 Å². The standard InChI is InChI=1S/C32H32N2O4/c1-36-32(35)30(24-11-4-2-5-12-24)34-38-31(25-13-6-3-7-14-25)26-17-20-28(21-18-26)37-22-27-19-16-23-10-8-9-15-29(23)33-27/h2,4-5,8-12,15-21,25,31H,3,6-7,13-14,22H2,1H3/b34-30+. The van der Waals surface area contributed by atoms with Crippen LogP contribution in [0, 0.1) is 5.92 Å². The second kappa shape index (κ2) is 12.4. The number of methoxy groups -OCH3 is 1. The molecule has 1 unspecified atom stereocenters. The molecule has 0 N–H and O–H groups in total. The molecule has 0 amide bonds. The Morgan fingerprint density at radius 1 is 0.895 bits per heavy atom. The number of benzene rings is 3. The Labute approximate surface area is 223 Å². The van der Waals surface area contributed by atoms with Crippen molar-refractivity contribution < 1.29 is 19.1 Å². The summed E-state index contributed by atoms with van der Waals surface area (Å²) in [6.07, 6.45) is 5.41. The van der Waals surface area contributed by atoms with E-state index >= 15 is 0 Å². The molecule has 6 nitrogen and oxygen atoms in total. The zero-order valence-electron chi connectivity index (χ0n) is 21.6. The van der Waals surface area contributed by atoms with Gasteiger partial charge in [-0.3, -0.25) is 0 Å². The molecule has 1 heterocycles. The first-order valence-electron chi connectivity index (χ1n) is 13.2. The number of hydrogen-bond acceptors (Lipinski definition) is 6. The molecule has 4 aromatic rings. The van der Waals surface area contributed by atoms with Crippen molar-refractivity contribution in [3.05, 3.63) is 108 Å². The highest BCUT2D eigenvalue weighted by atomic mass is 16.6. The predicted octanol–water partition coefficient (Wildman–Crippen LogP) is 7.03. The normalized spacial score (nSPS) is 15.1. The molecule has 0 bridgehead atoms. The second-order valence-electron chi connectivity index (χ2n) is 9.57. The van der Waals surface area contributed by atoms with Crippen LogP contribution in [0.4, 0.5) is 0 Å². The zero-order chi connectivity index (χ0) is 26.2. The quantitative estimate of drug-likeness (QED) is 0.138. The van der Waals surface area contributed by atoms with Crippen molar-refractivity contribution in [3.63, 3.8) is 0 Å². The first kappa shape index (κ1) is 25.5. The van der Waals surface area contributed by atoms with Gasteiger partial charge in [-0.2, -0.15) is 0 Å². The molecule has 1 fully saturated rings. The fourth-order valence-electron chi connectivity index (χ4n) is 4.97. The predicted molar refractivity (Wildman–Crippen MR) is 148 cm³/mol. The number of pyridine rings is 1. The maximum atomic E-state index is 12.5. The van der Waals surface area contributed by atoms with Crippen molar-refractivity contribution >= 4 is 22.6 Å². The third-order valence-electron chi connectivity index (χ3n) is 7.01. The van der Waals surface area contributed by atoms with Crippen LogP contribution >= 0.6 is 0 Å². The van der Waals surface area contributed by atoms with Crippen molar-refractivity contribution in [2.45, 2.75) is 44.8 Å². The Balaban J connectivity index is 1.33. The summed E-state index contributed by atoms with van der Waals surface area (Å²) in [5.74, 6) is 0.550. The fourth-order valence-corrected chi connectivity index (χ4v) is 4.97. The number of carbonyl (C=O) groups excluding carboxylic acids is 1. The Morgan fingerprint density at radius 2 is 1.63 bits per heavy atom. The van der Waals surface area contributed by atoms with E-state index in [9.17, 15) is 4.79 Å². The van der Waals surface area contributed by atoms with Gasteiger partial charge in [0.25, 0.3) is 0 Å². The summed E-state index contributed by atoms with van der Waals surface area (Å²) in [6.45, 7) is 0.386. The first-order valence-corrected chi connectivity index (χ1v) is 13.2. The molecule has 5 rings (SSSR count). The number of hydrogen-bond donors (Lipinski definition) is 0. The maximum absolute atomic E-state index is 12.5. The van der Waals surface area contributed by atoms with Crippen LogP contribution in [0.3, 0.4) is 0 Å². The first-order chi connectivity index (χ1) is 18.7. The van der Waals surface area contributed by atoms with Crippen molar-refractivity contribution in [1.82, 2.24) is 4.98 Å². The highest BCUT2D eigenvalue weighted by Gasteiger charge is 2.28. The van der Waals surface area contributed by atoms with E-state index in [1.807, 2.05) is 78.9 Å². The molecule has 0 radical (unpaired) electrons. The molecule has 1 aromatic heterocycles. The molecule has 0 spiro atoms. The summed E-state index contributed by atoms with van der Waals surface area (Å²) < 4.78 is 11.0. The van der Waals surface area contributed by atoms with Crippen LogP contribution in [0.5, 0.6) is 5.75 Å². The minimum absolute atomic E-state index is 0.164. The van der Waals surface area contributed by atoms with Crippen molar-refractivity contribution in [2.24, 2.45) is 11.1 Å². The topological polar surface area (TPSA) is 70.0 Å². The Hall–Kier alpha value is -4.19. The number of rotatable bonds is 9. The van der Waals surface area contributed by atoms with Gasteiger partial charge in [0.1, 0.15) is 12.4 Å². The Bertz CT molecular complexity index is 1380. The van der Waals surface area contributed by atoms with Crippen LogP contribution < -0.4 is 4.74 Å². The van der Waals surface area contributed by atoms with E-state index in [0.29, 0.717) is 18.1 Å². The van der Waals surface area contributed by atoms with E-state index in [2.05, 4.69) is 22.3 Å².